The van der Waals surface area contributed by atoms with Gasteiger partial charge in [-0.15, -0.1) is 0 Å². The van der Waals surface area contributed by atoms with E-state index in [1.165, 1.54) is 32.1 Å². The molecule has 0 spiro atoms. The van der Waals surface area contributed by atoms with Gasteiger partial charge in [-0.1, -0.05) is 32.1 Å². The SMILES string of the molecule is NCC(=O)CCCC1CCCC1. The third kappa shape index (κ3) is 3.35. The van der Waals surface area contributed by atoms with Crippen LogP contribution in [0.3, 0.4) is 0 Å². The van der Waals surface area contributed by atoms with E-state index < -0.39 is 0 Å². The van der Waals surface area contributed by atoms with Gasteiger partial charge in [-0.2, -0.15) is 0 Å². The van der Waals surface area contributed by atoms with E-state index in [0.717, 1.165) is 12.3 Å². The molecule has 1 rings (SSSR count). The van der Waals surface area contributed by atoms with Crippen LogP contribution in [0, 0.1) is 5.92 Å². The third-order valence-electron chi connectivity index (χ3n) is 2.77. The Balaban J connectivity index is 1.97. The zero-order chi connectivity index (χ0) is 8.81. The molecule has 2 N–H and O–H groups in total. The summed E-state index contributed by atoms with van der Waals surface area (Å²) in [4.78, 5) is 10.9. The Kier molecular flexibility index (Phi) is 4.30. The molecular weight excluding hydrogens is 150 g/mol. The van der Waals surface area contributed by atoms with Gasteiger partial charge in [-0.05, 0) is 12.3 Å². The zero-order valence-corrected chi connectivity index (χ0v) is 7.72. The number of carbonyl (C=O) groups excluding carboxylic acids is 1. The normalized spacial score (nSPS) is 18.4. The molecular formula is C10H19NO. The molecule has 70 valence electrons. The third-order valence-corrected chi connectivity index (χ3v) is 2.77. The predicted octanol–water partition coefficient (Wildman–Crippen LogP) is 1.87. The highest BCUT2D eigenvalue weighted by Crippen LogP contribution is 2.28. The van der Waals surface area contributed by atoms with E-state index in [2.05, 4.69) is 0 Å². The second kappa shape index (κ2) is 5.31. The first-order chi connectivity index (χ1) is 5.83. The Morgan fingerprint density at radius 2 is 2.00 bits per heavy atom. The van der Waals surface area contributed by atoms with Crippen LogP contribution in [-0.4, -0.2) is 12.3 Å². The minimum atomic E-state index is 0.216. The molecule has 2 heteroatoms. The second-order valence-corrected chi connectivity index (χ2v) is 3.79. The molecule has 0 atom stereocenters. The van der Waals surface area contributed by atoms with Crippen LogP contribution in [0.2, 0.25) is 0 Å². The predicted molar refractivity (Wildman–Crippen MR) is 49.9 cm³/mol. The lowest BCUT2D eigenvalue weighted by atomic mass is 10.00. The van der Waals surface area contributed by atoms with Crippen LogP contribution >= 0.6 is 0 Å². The molecule has 0 aromatic carbocycles. The van der Waals surface area contributed by atoms with Crippen molar-refractivity contribution in [3.8, 4) is 0 Å². The fourth-order valence-electron chi connectivity index (χ4n) is 1.99. The van der Waals surface area contributed by atoms with E-state index in [0.29, 0.717) is 6.42 Å². The van der Waals surface area contributed by atoms with Gasteiger partial charge in [0, 0.05) is 6.42 Å². The Labute approximate surface area is 74.5 Å². The molecule has 1 fully saturated rings. The average molecular weight is 169 g/mol. The van der Waals surface area contributed by atoms with Crippen LogP contribution in [0.4, 0.5) is 0 Å². The van der Waals surface area contributed by atoms with Gasteiger partial charge in [0.25, 0.3) is 0 Å². The van der Waals surface area contributed by atoms with Crippen LogP contribution in [0.5, 0.6) is 0 Å². The first-order valence-corrected chi connectivity index (χ1v) is 5.04. The zero-order valence-electron chi connectivity index (χ0n) is 7.72. The molecule has 0 heterocycles. The first-order valence-electron chi connectivity index (χ1n) is 5.04. The van der Waals surface area contributed by atoms with Crippen LogP contribution in [0.25, 0.3) is 0 Å². The number of ketones is 1. The summed E-state index contributed by atoms with van der Waals surface area (Å²) in [6.07, 6.45) is 8.57. The quantitative estimate of drug-likeness (QED) is 0.682. The van der Waals surface area contributed by atoms with Crippen molar-refractivity contribution >= 4 is 5.78 Å². The summed E-state index contributed by atoms with van der Waals surface area (Å²) in [5.41, 5.74) is 5.22. The van der Waals surface area contributed by atoms with Gasteiger partial charge < -0.3 is 5.73 Å². The average Bonchev–Trinajstić information content (AvgIpc) is 2.57. The monoisotopic (exact) mass is 169 g/mol. The van der Waals surface area contributed by atoms with Crippen molar-refractivity contribution < 1.29 is 4.79 Å². The molecule has 1 saturated carbocycles. The van der Waals surface area contributed by atoms with Gasteiger partial charge in [-0.3, -0.25) is 4.79 Å². The Morgan fingerprint density at radius 3 is 2.58 bits per heavy atom. The maximum absolute atomic E-state index is 10.9. The van der Waals surface area contributed by atoms with E-state index in [-0.39, 0.29) is 12.3 Å². The van der Waals surface area contributed by atoms with Crippen molar-refractivity contribution in [1.29, 1.82) is 0 Å². The molecule has 0 unspecified atom stereocenters. The van der Waals surface area contributed by atoms with Gasteiger partial charge in [0.05, 0.1) is 6.54 Å². The summed E-state index contributed by atoms with van der Waals surface area (Å²) < 4.78 is 0. The van der Waals surface area contributed by atoms with Gasteiger partial charge in [-0.25, -0.2) is 0 Å². The van der Waals surface area contributed by atoms with Crippen molar-refractivity contribution in [2.45, 2.75) is 44.9 Å². The first kappa shape index (κ1) is 9.72. The fourth-order valence-corrected chi connectivity index (χ4v) is 1.99. The molecule has 1 aliphatic carbocycles. The Morgan fingerprint density at radius 1 is 1.33 bits per heavy atom. The molecule has 0 amide bonds. The maximum atomic E-state index is 10.9. The number of rotatable bonds is 5. The molecule has 12 heavy (non-hydrogen) atoms. The van der Waals surface area contributed by atoms with Crippen LogP contribution in [-0.2, 0) is 4.79 Å². The highest BCUT2D eigenvalue weighted by Gasteiger charge is 2.14. The van der Waals surface area contributed by atoms with Crippen LogP contribution in [0.1, 0.15) is 44.9 Å². The number of carbonyl (C=O) groups is 1. The van der Waals surface area contributed by atoms with Gasteiger partial charge in [0.15, 0.2) is 0 Å². The van der Waals surface area contributed by atoms with E-state index in [9.17, 15) is 4.79 Å². The summed E-state index contributed by atoms with van der Waals surface area (Å²) in [5, 5.41) is 0. The standard InChI is InChI=1S/C10H19NO/c11-8-10(12)7-3-6-9-4-1-2-5-9/h9H,1-8,11H2. The summed E-state index contributed by atoms with van der Waals surface area (Å²) >= 11 is 0. The molecule has 0 aliphatic heterocycles. The van der Waals surface area contributed by atoms with E-state index in [1.54, 1.807) is 0 Å². The lowest BCUT2D eigenvalue weighted by Crippen LogP contribution is -2.13. The largest absolute Gasteiger partial charge is 0.324 e. The molecule has 0 bridgehead atoms. The van der Waals surface area contributed by atoms with Gasteiger partial charge in [0.1, 0.15) is 5.78 Å². The lowest BCUT2D eigenvalue weighted by molar-refractivity contribution is -0.117. The number of hydrogen-bond donors (Lipinski definition) is 1. The lowest BCUT2D eigenvalue weighted by Gasteiger charge is -2.06. The molecule has 0 saturated heterocycles. The number of Topliss-reactive ketones (excluding diaryl/α,β-unsaturated/α-hetero) is 1. The van der Waals surface area contributed by atoms with Crippen molar-refractivity contribution in [2.24, 2.45) is 11.7 Å². The topological polar surface area (TPSA) is 43.1 Å². The molecule has 0 aromatic heterocycles. The second-order valence-electron chi connectivity index (χ2n) is 3.79. The summed E-state index contributed by atoms with van der Waals surface area (Å²) in [5.74, 6) is 1.13. The molecule has 0 radical (unpaired) electrons. The van der Waals surface area contributed by atoms with Gasteiger partial charge in [0.2, 0.25) is 0 Å². The van der Waals surface area contributed by atoms with Crippen LogP contribution in [0.15, 0.2) is 0 Å². The Hall–Kier alpha value is -0.370. The summed E-state index contributed by atoms with van der Waals surface area (Å²) in [6, 6.07) is 0. The number of hydrogen-bond acceptors (Lipinski definition) is 2. The minimum absolute atomic E-state index is 0.216. The van der Waals surface area contributed by atoms with Crippen molar-refractivity contribution in [3.63, 3.8) is 0 Å². The molecule has 1 aliphatic rings. The Bertz CT molecular complexity index is 139. The van der Waals surface area contributed by atoms with E-state index in [1.807, 2.05) is 0 Å². The van der Waals surface area contributed by atoms with Crippen molar-refractivity contribution in [2.75, 3.05) is 6.54 Å². The highest BCUT2D eigenvalue weighted by atomic mass is 16.1. The fraction of sp³-hybridized carbons (Fsp3) is 0.900. The van der Waals surface area contributed by atoms with E-state index in [4.69, 9.17) is 5.73 Å². The smallest absolute Gasteiger partial charge is 0.146 e. The van der Waals surface area contributed by atoms with Crippen LogP contribution < -0.4 is 5.73 Å². The number of nitrogens with two attached hydrogens (primary N) is 1. The summed E-state index contributed by atoms with van der Waals surface area (Å²) in [6.45, 7) is 0.227. The highest BCUT2D eigenvalue weighted by molar-refractivity contribution is 5.80. The van der Waals surface area contributed by atoms with Crippen molar-refractivity contribution in [1.82, 2.24) is 0 Å². The van der Waals surface area contributed by atoms with Gasteiger partial charge >= 0.3 is 0 Å². The maximum Gasteiger partial charge on any atom is 0.146 e. The minimum Gasteiger partial charge on any atom is -0.324 e. The summed E-state index contributed by atoms with van der Waals surface area (Å²) in [7, 11) is 0. The molecule has 2 nitrogen and oxygen atoms in total. The van der Waals surface area contributed by atoms with E-state index >= 15 is 0 Å². The molecule has 0 aromatic rings. The van der Waals surface area contributed by atoms with Crippen molar-refractivity contribution in [3.05, 3.63) is 0 Å².